The lowest BCUT2D eigenvalue weighted by Gasteiger charge is -2.53. The van der Waals surface area contributed by atoms with E-state index in [9.17, 15) is 4.79 Å². The summed E-state index contributed by atoms with van der Waals surface area (Å²) < 4.78 is 0. The number of rotatable bonds is 0. The Bertz CT molecular complexity index is 476. The Morgan fingerprint density at radius 2 is 1.76 bits per heavy atom. The second kappa shape index (κ2) is 3.44. The third-order valence-electron chi connectivity index (χ3n) is 5.36. The van der Waals surface area contributed by atoms with Crippen LogP contribution in [0.2, 0.25) is 0 Å². The van der Waals surface area contributed by atoms with E-state index in [-0.39, 0.29) is 10.8 Å². The molecule has 17 heavy (non-hydrogen) atoms. The molecule has 0 amide bonds. The Labute approximate surface area is 103 Å². The quantitative estimate of drug-likeness (QED) is 0.653. The predicted molar refractivity (Wildman–Crippen MR) is 69.3 cm³/mol. The van der Waals surface area contributed by atoms with Crippen molar-refractivity contribution in [3.63, 3.8) is 0 Å². The van der Waals surface area contributed by atoms with Gasteiger partial charge in [-0.3, -0.25) is 4.79 Å². The fourth-order valence-electron chi connectivity index (χ4n) is 3.97. The summed E-state index contributed by atoms with van der Waals surface area (Å²) >= 11 is 0. The summed E-state index contributed by atoms with van der Waals surface area (Å²) in [5.74, 6) is 0.350. The maximum atomic E-state index is 12.3. The summed E-state index contributed by atoms with van der Waals surface area (Å²) in [5.41, 5.74) is 2.67. The van der Waals surface area contributed by atoms with E-state index in [1.54, 1.807) is 0 Å². The van der Waals surface area contributed by atoms with Gasteiger partial charge in [0, 0.05) is 12.0 Å². The number of Topliss-reactive ketones (excluding diaryl/α,β-unsaturated/α-hetero) is 1. The van der Waals surface area contributed by atoms with Gasteiger partial charge in [0.05, 0.1) is 0 Å². The topological polar surface area (TPSA) is 17.1 Å². The molecule has 0 heterocycles. The van der Waals surface area contributed by atoms with Crippen molar-refractivity contribution in [1.82, 2.24) is 0 Å². The summed E-state index contributed by atoms with van der Waals surface area (Å²) in [7, 11) is 0. The molecule has 0 aliphatic heterocycles. The molecule has 1 fully saturated rings. The molecule has 0 bridgehead atoms. The highest BCUT2D eigenvalue weighted by atomic mass is 16.1. The Balaban J connectivity index is 2.22. The fourth-order valence-corrected chi connectivity index (χ4v) is 3.97. The van der Waals surface area contributed by atoms with Gasteiger partial charge >= 0.3 is 0 Å². The minimum atomic E-state index is 0.177. The number of fused-ring (bicyclic) bond motifs is 3. The van der Waals surface area contributed by atoms with Crippen molar-refractivity contribution in [2.75, 3.05) is 0 Å². The zero-order valence-electron chi connectivity index (χ0n) is 10.8. The van der Waals surface area contributed by atoms with Crippen LogP contribution in [0.25, 0.3) is 0 Å². The zero-order valence-corrected chi connectivity index (χ0v) is 10.8. The largest absolute Gasteiger partial charge is 0.294 e. The Hall–Kier alpha value is -1.11. The summed E-state index contributed by atoms with van der Waals surface area (Å²) in [4.78, 5) is 12.3. The molecular weight excluding hydrogens is 208 g/mol. The second-order valence-corrected chi connectivity index (χ2v) is 6.25. The van der Waals surface area contributed by atoms with Crippen molar-refractivity contribution in [3.05, 3.63) is 35.4 Å². The van der Waals surface area contributed by atoms with Crippen LogP contribution in [0, 0.1) is 5.41 Å². The van der Waals surface area contributed by atoms with Gasteiger partial charge in [0.1, 0.15) is 0 Å². The highest BCUT2D eigenvalue weighted by Crippen LogP contribution is 2.57. The van der Waals surface area contributed by atoms with Crippen LogP contribution in [0.15, 0.2) is 24.3 Å². The van der Waals surface area contributed by atoms with Crippen LogP contribution in [-0.4, -0.2) is 5.78 Å². The average Bonchev–Trinajstić information content (AvgIpc) is 2.32. The van der Waals surface area contributed by atoms with Gasteiger partial charge in [-0.2, -0.15) is 0 Å². The highest BCUT2D eigenvalue weighted by Gasteiger charge is 2.52. The molecule has 0 N–H and O–H groups in total. The maximum Gasteiger partial charge on any atom is 0.163 e. The minimum Gasteiger partial charge on any atom is -0.294 e. The molecule has 0 spiro atoms. The number of benzene rings is 1. The first-order valence-electron chi connectivity index (χ1n) is 6.70. The number of carbonyl (C=O) groups is 1. The molecule has 1 saturated carbocycles. The lowest BCUT2D eigenvalue weighted by Crippen LogP contribution is -2.49. The smallest absolute Gasteiger partial charge is 0.163 e. The fraction of sp³-hybridized carbons (Fsp3) is 0.562. The average molecular weight is 228 g/mol. The van der Waals surface area contributed by atoms with Crippen LogP contribution in [0.3, 0.4) is 0 Å². The van der Waals surface area contributed by atoms with Crippen LogP contribution in [0.5, 0.6) is 0 Å². The highest BCUT2D eigenvalue weighted by molar-refractivity contribution is 5.99. The summed E-state index contributed by atoms with van der Waals surface area (Å²) in [6.07, 6.45) is 5.74. The lowest BCUT2D eigenvalue weighted by molar-refractivity contribution is 0.0528. The first-order chi connectivity index (χ1) is 8.07. The van der Waals surface area contributed by atoms with Gasteiger partial charge in [0.15, 0.2) is 5.78 Å². The van der Waals surface area contributed by atoms with Crippen LogP contribution < -0.4 is 0 Å². The zero-order chi connectivity index (χ0) is 12.1. The van der Waals surface area contributed by atoms with Crippen LogP contribution >= 0.6 is 0 Å². The Morgan fingerprint density at radius 1 is 1.06 bits per heavy atom. The molecule has 0 aromatic heterocycles. The van der Waals surface area contributed by atoms with Gasteiger partial charge < -0.3 is 0 Å². The summed E-state index contributed by atoms with van der Waals surface area (Å²) in [5, 5.41) is 0. The molecule has 2 aliphatic rings. The Morgan fingerprint density at radius 3 is 2.59 bits per heavy atom. The van der Waals surface area contributed by atoms with Crippen molar-refractivity contribution >= 4 is 5.78 Å². The van der Waals surface area contributed by atoms with Gasteiger partial charge in [-0.1, -0.05) is 51.0 Å². The molecule has 1 heteroatoms. The van der Waals surface area contributed by atoms with Gasteiger partial charge in [-0.15, -0.1) is 0 Å². The van der Waals surface area contributed by atoms with Crippen LogP contribution in [0.4, 0.5) is 0 Å². The molecule has 3 rings (SSSR count). The first kappa shape index (κ1) is 11.0. The van der Waals surface area contributed by atoms with Gasteiger partial charge in [-0.05, 0) is 29.2 Å². The number of carbonyl (C=O) groups excluding carboxylic acids is 1. The van der Waals surface area contributed by atoms with E-state index in [2.05, 4.69) is 26.0 Å². The molecule has 0 saturated heterocycles. The van der Waals surface area contributed by atoms with Crippen molar-refractivity contribution in [3.8, 4) is 0 Å². The normalized spacial score (nSPS) is 36.2. The Kier molecular flexibility index (Phi) is 2.23. The molecule has 0 unspecified atom stereocenters. The maximum absolute atomic E-state index is 12.3. The van der Waals surface area contributed by atoms with Crippen molar-refractivity contribution in [2.24, 2.45) is 5.41 Å². The minimum absolute atomic E-state index is 0.177. The van der Waals surface area contributed by atoms with E-state index in [1.165, 1.54) is 31.2 Å². The monoisotopic (exact) mass is 228 g/mol. The molecule has 1 aromatic carbocycles. The van der Waals surface area contributed by atoms with Crippen LogP contribution in [-0.2, 0) is 5.41 Å². The van der Waals surface area contributed by atoms with Gasteiger partial charge in [-0.25, -0.2) is 0 Å². The van der Waals surface area contributed by atoms with Gasteiger partial charge in [0.2, 0.25) is 0 Å². The molecule has 1 nitrogen and oxygen atoms in total. The predicted octanol–water partition coefficient (Wildman–Crippen LogP) is 4.11. The van der Waals surface area contributed by atoms with E-state index < -0.39 is 0 Å². The number of hydrogen-bond donors (Lipinski definition) is 0. The standard InChI is InChI=1S/C16H20O/c1-15-9-5-6-10-16(15,2)13-8-4-3-7-12(13)14(17)11-15/h3-4,7-8H,5-6,9-11H2,1-2H3/t15-,16+/m0/s1. The first-order valence-corrected chi connectivity index (χ1v) is 6.70. The third-order valence-corrected chi connectivity index (χ3v) is 5.36. The summed E-state index contributed by atoms with van der Waals surface area (Å²) in [6, 6.07) is 8.26. The summed E-state index contributed by atoms with van der Waals surface area (Å²) in [6.45, 7) is 4.69. The van der Waals surface area contributed by atoms with Crippen LogP contribution in [0.1, 0.15) is 61.9 Å². The molecular formula is C16H20O. The van der Waals surface area contributed by atoms with E-state index in [0.717, 1.165) is 12.0 Å². The van der Waals surface area contributed by atoms with Gasteiger partial charge in [0.25, 0.3) is 0 Å². The molecule has 2 atom stereocenters. The van der Waals surface area contributed by atoms with Crippen molar-refractivity contribution < 1.29 is 4.79 Å². The van der Waals surface area contributed by atoms with E-state index in [1.807, 2.05) is 12.1 Å². The number of hydrogen-bond acceptors (Lipinski definition) is 1. The lowest BCUT2D eigenvalue weighted by atomic mass is 9.50. The van der Waals surface area contributed by atoms with E-state index in [0.29, 0.717) is 5.78 Å². The molecule has 90 valence electrons. The van der Waals surface area contributed by atoms with E-state index >= 15 is 0 Å². The molecule has 0 radical (unpaired) electrons. The molecule has 1 aromatic rings. The third kappa shape index (κ3) is 1.34. The SMILES string of the molecule is C[C@@]12CCCC[C@]1(C)c1ccccc1C(=O)C2. The van der Waals surface area contributed by atoms with Crippen molar-refractivity contribution in [1.29, 1.82) is 0 Å². The molecule has 2 aliphatic carbocycles. The second-order valence-electron chi connectivity index (χ2n) is 6.25. The van der Waals surface area contributed by atoms with Crippen molar-refractivity contribution in [2.45, 2.75) is 51.4 Å². The number of ketones is 1. The van der Waals surface area contributed by atoms with E-state index in [4.69, 9.17) is 0 Å².